The molecule has 2 heterocycles. The lowest BCUT2D eigenvalue weighted by Gasteiger charge is -2.25. The van der Waals surface area contributed by atoms with Crippen molar-refractivity contribution in [2.75, 3.05) is 20.8 Å². The average Bonchev–Trinajstić information content (AvgIpc) is 3.29. The Bertz CT molecular complexity index is 716. The maximum absolute atomic E-state index is 5.97. The van der Waals surface area contributed by atoms with Crippen molar-refractivity contribution >= 4 is 0 Å². The third-order valence-corrected chi connectivity index (χ3v) is 5.08. The van der Waals surface area contributed by atoms with Gasteiger partial charge in [0.25, 0.3) is 0 Å². The highest BCUT2D eigenvalue weighted by Gasteiger charge is 2.33. The highest BCUT2D eigenvalue weighted by atomic mass is 16.5. The molecule has 0 saturated carbocycles. The molecule has 0 radical (unpaired) electrons. The van der Waals surface area contributed by atoms with Crippen LogP contribution in [0.2, 0.25) is 0 Å². The molecule has 142 valence electrons. The summed E-state index contributed by atoms with van der Waals surface area (Å²) in [5, 5.41) is 3.80. The molecule has 1 aliphatic rings. The summed E-state index contributed by atoms with van der Waals surface area (Å²) in [7, 11) is 5.35. The first kappa shape index (κ1) is 18.7. The topological polar surface area (TPSA) is 57.5 Å². The first-order valence-corrected chi connectivity index (χ1v) is 9.22. The van der Waals surface area contributed by atoms with Crippen LogP contribution in [0.4, 0.5) is 0 Å². The molecule has 3 rings (SSSR count). The Balaban J connectivity index is 1.68. The van der Waals surface area contributed by atoms with Crippen molar-refractivity contribution in [3.63, 3.8) is 0 Å². The van der Waals surface area contributed by atoms with Gasteiger partial charge in [0, 0.05) is 38.1 Å². The van der Waals surface area contributed by atoms with Crippen molar-refractivity contribution in [2.45, 2.75) is 44.4 Å². The van der Waals surface area contributed by atoms with Gasteiger partial charge in [0.05, 0.1) is 14.2 Å². The van der Waals surface area contributed by atoms with Crippen LogP contribution in [0.1, 0.15) is 37.3 Å². The molecule has 6 nitrogen and oxygen atoms in total. The van der Waals surface area contributed by atoms with Gasteiger partial charge in [-0.15, -0.1) is 0 Å². The minimum atomic E-state index is 0.00875. The molecule has 0 amide bonds. The Labute approximate surface area is 155 Å². The van der Waals surface area contributed by atoms with Crippen molar-refractivity contribution in [3.8, 4) is 11.5 Å². The second-order valence-corrected chi connectivity index (χ2v) is 6.75. The molecule has 0 bridgehead atoms. The molecule has 0 unspecified atom stereocenters. The van der Waals surface area contributed by atoms with Gasteiger partial charge < -0.3 is 24.1 Å². The lowest BCUT2D eigenvalue weighted by Crippen LogP contribution is -2.41. The summed E-state index contributed by atoms with van der Waals surface area (Å²) in [4.78, 5) is 4.47. The lowest BCUT2D eigenvalue weighted by atomic mass is 10.0. The van der Waals surface area contributed by atoms with Gasteiger partial charge in [0.1, 0.15) is 11.9 Å². The molecule has 1 saturated heterocycles. The SMILES string of the molecule is CC[C@@H](Cc1ccc(OC)c(OC)c1)N[C@H]1CCO[C@@H]1c1nccn1C. The summed E-state index contributed by atoms with van der Waals surface area (Å²) in [5.41, 5.74) is 1.23. The zero-order valence-corrected chi connectivity index (χ0v) is 16.1. The van der Waals surface area contributed by atoms with Crippen molar-refractivity contribution in [3.05, 3.63) is 42.0 Å². The number of rotatable bonds is 8. The second kappa shape index (κ2) is 8.56. The largest absolute Gasteiger partial charge is 0.493 e. The fourth-order valence-electron chi connectivity index (χ4n) is 3.58. The summed E-state index contributed by atoms with van der Waals surface area (Å²) >= 11 is 0. The minimum absolute atomic E-state index is 0.00875. The second-order valence-electron chi connectivity index (χ2n) is 6.75. The molecular formula is C20H29N3O3. The quantitative estimate of drug-likeness (QED) is 0.785. The van der Waals surface area contributed by atoms with Crippen LogP contribution >= 0.6 is 0 Å². The van der Waals surface area contributed by atoms with Crippen molar-refractivity contribution in [1.82, 2.24) is 14.9 Å². The third-order valence-electron chi connectivity index (χ3n) is 5.08. The number of hydrogen-bond acceptors (Lipinski definition) is 5. The van der Waals surface area contributed by atoms with E-state index in [0.29, 0.717) is 6.04 Å². The monoisotopic (exact) mass is 359 g/mol. The van der Waals surface area contributed by atoms with E-state index in [1.165, 1.54) is 5.56 Å². The van der Waals surface area contributed by atoms with Gasteiger partial charge in [-0.1, -0.05) is 13.0 Å². The molecule has 26 heavy (non-hydrogen) atoms. The number of hydrogen-bond donors (Lipinski definition) is 1. The highest BCUT2D eigenvalue weighted by molar-refractivity contribution is 5.43. The fraction of sp³-hybridized carbons (Fsp3) is 0.550. The van der Waals surface area contributed by atoms with Crippen molar-refractivity contribution < 1.29 is 14.2 Å². The molecule has 0 spiro atoms. The van der Waals surface area contributed by atoms with Gasteiger partial charge in [-0.3, -0.25) is 0 Å². The van der Waals surface area contributed by atoms with Gasteiger partial charge in [0.15, 0.2) is 11.5 Å². The number of benzene rings is 1. The molecule has 3 atom stereocenters. The van der Waals surface area contributed by atoms with E-state index in [4.69, 9.17) is 14.2 Å². The summed E-state index contributed by atoms with van der Waals surface area (Å²) in [6.45, 7) is 2.98. The number of aryl methyl sites for hydroxylation is 1. The van der Waals surface area contributed by atoms with Crippen LogP contribution in [0.3, 0.4) is 0 Å². The molecule has 6 heteroatoms. The lowest BCUT2D eigenvalue weighted by molar-refractivity contribution is 0.0870. The zero-order chi connectivity index (χ0) is 18.5. The number of aromatic nitrogens is 2. The molecule has 0 aliphatic carbocycles. The zero-order valence-electron chi connectivity index (χ0n) is 16.1. The van der Waals surface area contributed by atoms with Crippen LogP contribution in [0, 0.1) is 0 Å². The summed E-state index contributed by atoms with van der Waals surface area (Å²) in [5.74, 6) is 2.52. The summed E-state index contributed by atoms with van der Waals surface area (Å²) in [6, 6.07) is 6.78. The van der Waals surface area contributed by atoms with E-state index < -0.39 is 0 Å². The van der Waals surface area contributed by atoms with E-state index in [1.54, 1.807) is 14.2 Å². The average molecular weight is 359 g/mol. The summed E-state index contributed by atoms with van der Waals surface area (Å²) in [6.07, 6.45) is 6.78. The Morgan fingerprint density at radius 2 is 2.12 bits per heavy atom. The highest BCUT2D eigenvalue weighted by Crippen LogP contribution is 2.30. The third kappa shape index (κ3) is 4.02. The van der Waals surface area contributed by atoms with Crippen molar-refractivity contribution in [1.29, 1.82) is 0 Å². The molecule has 1 N–H and O–H groups in total. The predicted octanol–water partition coefficient (Wildman–Crippen LogP) is 2.88. The van der Waals surface area contributed by atoms with E-state index in [2.05, 4.69) is 29.4 Å². The van der Waals surface area contributed by atoms with E-state index >= 15 is 0 Å². The van der Waals surface area contributed by atoms with Crippen LogP contribution in [-0.2, 0) is 18.2 Å². The molecule has 1 aliphatic heterocycles. The van der Waals surface area contributed by atoms with Gasteiger partial charge in [-0.2, -0.15) is 0 Å². The maximum atomic E-state index is 5.97. The van der Waals surface area contributed by atoms with E-state index in [0.717, 1.165) is 43.2 Å². The Morgan fingerprint density at radius 3 is 2.77 bits per heavy atom. The first-order valence-electron chi connectivity index (χ1n) is 9.22. The number of nitrogens with zero attached hydrogens (tertiary/aromatic N) is 2. The molecule has 1 aromatic heterocycles. The van der Waals surface area contributed by atoms with E-state index in [9.17, 15) is 0 Å². The van der Waals surface area contributed by atoms with Crippen LogP contribution in [0.25, 0.3) is 0 Å². The predicted molar refractivity (Wildman–Crippen MR) is 101 cm³/mol. The molecule has 1 fully saturated rings. The molecule has 2 aromatic rings. The standard InChI is InChI=1S/C20H29N3O3/c1-5-15(12-14-6-7-17(24-3)18(13-14)25-4)22-16-8-11-26-19(16)20-21-9-10-23(20)2/h6-7,9-10,13,15-16,19,22H,5,8,11-12H2,1-4H3/t15-,16-,19-/m0/s1. The van der Waals surface area contributed by atoms with Gasteiger partial charge in [0.2, 0.25) is 0 Å². The van der Waals surface area contributed by atoms with Crippen LogP contribution in [0.5, 0.6) is 11.5 Å². The van der Waals surface area contributed by atoms with Crippen LogP contribution in [-0.4, -0.2) is 42.5 Å². The summed E-state index contributed by atoms with van der Waals surface area (Å²) < 4.78 is 18.8. The van der Waals surface area contributed by atoms with Gasteiger partial charge in [-0.25, -0.2) is 4.98 Å². The Kier molecular flexibility index (Phi) is 6.16. The minimum Gasteiger partial charge on any atom is -0.493 e. The van der Waals surface area contributed by atoms with Crippen LogP contribution < -0.4 is 14.8 Å². The van der Waals surface area contributed by atoms with Gasteiger partial charge in [-0.05, 0) is 37.0 Å². The van der Waals surface area contributed by atoms with E-state index in [-0.39, 0.29) is 12.1 Å². The van der Waals surface area contributed by atoms with Crippen LogP contribution in [0.15, 0.2) is 30.6 Å². The van der Waals surface area contributed by atoms with Gasteiger partial charge >= 0.3 is 0 Å². The van der Waals surface area contributed by atoms with E-state index in [1.807, 2.05) is 30.1 Å². The smallest absolute Gasteiger partial charge is 0.160 e. The number of nitrogens with one attached hydrogen (secondary N) is 1. The number of ether oxygens (including phenoxy) is 3. The van der Waals surface area contributed by atoms with Crippen molar-refractivity contribution in [2.24, 2.45) is 7.05 Å². The Hall–Kier alpha value is -2.05. The fourth-order valence-corrected chi connectivity index (χ4v) is 3.58. The first-order chi connectivity index (χ1) is 12.7. The normalized spacial score (nSPS) is 20.9. The molecule has 1 aromatic carbocycles. The number of imidazole rings is 1. The Morgan fingerprint density at radius 1 is 1.31 bits per heavy atom. The molecular weight excluding hydrogens is 330 g/mol. The maximum Gasteiger partial charge on any atom is 0.160 e. The number of methoxy groups -OCH3 is 2.